The topological polar surface area (TPSA) is 83.3 Å². The number of carbonyl (C=O) groups is 1. The van der Waals surface area contributed by atoms with E-state index >= 15 is 0 Å². The van der Waals surface area contributed by atoms with Gasteiger partial charge in [-0.2, -0.15) is 4.98 Å². The third-order valence-electron chi connectivity index (χ3n) is 4.68. The maximum Gasteiger partial charge on any atom is 0.222 e. The summed E-state index contributed by atoms with van der Waals surface area (Å²) in [5.41, 5.74) is 3.31. The number of fused-ring (bicyclic) bond motifs is 1. The molecule has 1 aliphatic heterocycles. The van der Waals surface area contributed by atoms with E-state index < -0.39 is 0 Å². The first kappa shape index (κ1) is 16.8. The minimum absolute atomic E-state index is 0.192. The van der Waals surface area contributed by atoms with Crippen LogP contribution in [-0.2, 0) is 4.79 Å². The number of piperidine rings is 1. The highest BCUT2D eigenvalue weighted by atomic mass is 32.1. The van der Waals surface area contributed by atoms with Crippen LogP contribution in [0.1, 0.15) is 24.0 Å². The Morgan fingerprint density at radius 2 is 2.15 bits per heavy atom. The Morgan fingerprint density at radius 3 is 2.85 bits per heavy atom. The molecule has 1 saturated heterocycles. The number of aryl methyl sites for hydroxylation is 2. The molecule has 1 unspecified atom stereocenters. The van der Waals surface area contributed by atoms with E-state index in [4.69, 9.17) is 0 Å². The number of aromatic hydroxyl groups is 1. The van der Waals surface area contributed by atoms with Crippen molar-refractivity contribution in [3.8, 4) is 11.4 Å². The summed E-state index contributed by atoms with van der Waals surface area (Å²) in [6.45, 7) is 4.60. The maximum atomic E-state index is 11.6. The van der Waals surface area contributed by atoms with E-state index in [0.29, 0.717) is 24.3 Å². The number of aromatic nitrogens is 3. The molecule has 0 saturated carbocycles. The van der Waals surface area contributed by atoms with E-state index in [1.54, 1.807) is 15.6 Å². The van der Waals surface area contributed by atoms with Crippen molar-refractivity contribution in [2.24, 2.45) is 0 Å². The summed E-state index contributed by atoms with van der Waals surface area (Å²) in [4.78, 5) is 17.9. The Balaban J connectivity index is 1.58. The van der Waals surface area contributed by atoms with Crippen LogP contribution in [0, 0.1) is 13.8 Å². The van der Waals surface area contributed by atoms with Gasteiger partial charge in [0.15, 0.2) is 10.8 Å². The number of carbonyl (C=O) groups excluding carboxylic acids is 1. The van der Waals surface area contributed by atoms with Crippen LogP contribution < -0.4 is 5.32 Å². The zero-order valence-electron chi connectivity index (χ0n) is 15.0. The highest BCUT2D eigenvalue weighted by molar-refractivity contribution is 7.22. The van der Waals surface area contributed by atoms with Crippen LogP contribution in [0.3, 0.4) is 0 Å². The minimum Gasteiger partial charge on any atom is -0.506 e. The largest absolute Gasteiger partial charge is 0.506 e. The van der Waals surface area contributed by atoms with Crippen LogP contribution in [-0.4, -0.2) is 50.3 Å². The lowest BCUT2D eigenvalue weighted by atomic mass is 10.1. The second-order valence-electron chi connectivity index (χ2n) is 6.88. The van der Waals surface area contributed by atoms with Gasteiger partial charge in [-0.3, -0.25) is 4.79 Å². The summed E-state index contributed by atoms with van der Waals surface area (Å²) in [7, 11) is 1.83. The molecule has 136 valence electrons. The zero-order chi connectivity index (χ0) is 18.4. The van der Waals surface area contributed by atoms with Crippen molar-refractivity contribution in [2.75, 3.05) is 18.9 Å². The summed E-state index contributed by atoms with van der Waals surface area (Å²) in [5, 5.41) is 19.0. The molecular weight excluding hydrogens is 350 g/mol. The molecule has 1 amide bonds. The van der Waals surface area contributed by atoms with Crippen LogP contribution in [0.2, 0.25) is 0 Å². The van der Waals surface area contributed by atoms with Crippen LogP contribution >= 0.6 is 11.3 Å². The number of hydrogen-bond donors (Lipinski definition) is 2. The first-order valence-corrected chi connectivity index (χ1v) is 9.39. The number of thiazole rings is 1. The van der Waals surface area contributed by atoms with Gasteiger partial charge in [0, 0.05) is 26.1 Å². The molecule has 0 bridgehead atoms. The number of hydrogen-bond acceptors (Lipinski definition) is 6. The van der Waals surface area contributed by atoms with Gasteiger partial charge in [-0.1, -0.05) is 17.4 Å². The molecule has 2 N–H and O–H groups in total. The summed E-state index contributed by atoms with van der Waals surface area (Å²) < 4.78 is 2.64. The van der Waals surface area contributed by atoms with Gasteiger partial charge in [-0.05, 0) is 37.5 Å². The van der Waals surface area contributed by atoms with Gasteiger partial charge in [0.1, 0.15) is 11.4 Å². The Morgan fingerprint density at radius 1 is 1.35 bits per heavy atom. The number of phenolic OH excluding ortho intramolecular Hbond substituents is 1. The Hall–Kier alpha value is -2.61. The van der Waals surface area contributed by atoms with Crippen molar-refractivity contribution in [1.29, 1.82) is 0 Å². The molecule has 0 radical (unpaired) electrons. The van der Waals surface area contributed by atoms with Crippen LogP contribution in [0.4, 0.5) is 5.13 Å². The van der Waals surface area contributed by atoms with Crippen LogP contribution in [0.5, 0.6) is 5.75 Å². The smallest absolute Gasteiger partial charge is 0.222 e. The molecule has 26 heavy (non-hydrogen) atoms. The molecule has 1 atom stereocenters. The number of anilines is 1. The second kappa shape index (κ2) is 6.28. The van der Waals surface area contributed by atoms with E-state index in [1.165, 1.54) is 11.3 Å². The normalized spacial score (nSPS) is 17.9. The van der Waals surface area contributed by atoms with Crippen molar-refractivity contribution in [2.45, 2.75) is 32.7 Å². The van der Waals surface area contributed by atoms with E-state index in [-0.39, 0.29) is 17.7 Å². The van der Waals surface area contributed by atoms with E-state index in [2.05, 4.69) is 15.4 Å². The third-order valence-corrected chi connectivity index (χ3v) is 5.59. The van der Waals surface area contributed by atoms with Gasteiger partial charge < -0.3 is 15.3 Å². The first-order chi connectivity index (χ1) is 12.4. The van der Waals surface area contributed by atoms with Gasteiger partial charge >= 0.3 is 0 Å². The molecule has 8 heteroatoms. The first-order valence-electron chi connectivity index (χ1n) is 8.58. The quantitative estimate of drug-likeness (QED) is 0.740. The van der Waals surface area contributed by atoms with Crippen molar-refractivity contribution in [3.05, 3.63) is 29.5 Å². The standard InChI is InChI=1S/C18H21N5O2S/c1-10-6-11(2)16(13(24)7-10)23-9-14-17(21-23)20-18(26-14)19-12-4-5-15(25)22(3)8-12/h6-7,9,12,24H,4-5,8H2,1-3H3,(H,19,20,21). The van der Waals surface area contributed by atoms with Crippen molar-refractivity contribution < 1.29 is 9.90 Å². The number of likely N-dealkylation sites (N-methyl/N-ethyl adjacent to an activating group) is 1. The number of phenols is 1. The van der Waals surface area contributed by atoms with Crippen LogP contribution in [0.15, 0.2) is 18.3 Å². The molecule has 1 aromatic carbocycles. The molecule has 0 aliphatic carbocycles. The van der Waals surface area contributed by atoms with E-state index in [9.17, 15) is 9.90 Å². The van der Waals surface area contributed by atoms with Gasteiger partial charge in [0.2, 0.25) is 5.91 Å². The summed E-state index contributed by atoms with van der Waals surface area (Å²) in [6, 6.07) is 3.97. The number of amides is 1. The lowest BCUT2D eigenvalue weighted by molar-refractivity contribution is -0.132. The van der Waals surface area contributed by atoms with Crippen LogP contribution in [0.25, 0.3) is 16.0 Å². The molecule has 1 aliphatic rings. The van der Waals surface area contributed by atoms with E-state index in [0.717, 1.165) is 27.4 Å². The summed E-state index contributed by atoms with van der Waals surface area (Å²) >= 11 is 1.53. The number of benzene rings is 1. The van der Waals surface area contributed by atoms with Gasteiger partial charge in [0.05, 0.1) is 10.9 Å². The molecule has 7 nitrogen and oxygen atoms in total. The predicted molar refractivity (Wildman–Crippen MR) is 102 cm³/mol. The number of likely N-dealkylation sites (tertiary alicyclic amines) is 1. The number of rotatable bonds is 3. The minimum atomic E-state index is 0.192. The lowest BCUT2D eigenvalue weighted by Gasteiger charge is -2.29. The van der Waals surface area contributed by atoms with Gasteiger partial charge in [0.25, 0.3) is 0 Å². The molecule has 4 rings (SSSR count). The van der Waals surface area contributed by atoms with Crippen molar-refractivity contribution in [3.63, 3.8) is 0 Å². The van der Waals surface area contributed by atoms with Gasteiger partial charge in [-0.15, -0.1) is 5.10 Å². The molecule has 3 aromatic rings. The fraction of sp³-hybridized carbons (Fsp3) is 0.389. The maximum absolute atomic E-state index is 11.6. The second-order valence-corrected chi connectivity index (χ2v) is 7.91. The molecule has 1 fully saturated rings. The SMILES string of the molecule is Cc1cc(C)c(-n2cc3sc(NC4CCC(=O)N(C)C4)nc3n2)c(O)c1. The Bertz CT molecular complexity index is 938. The fourth-order valence-electron chi connectivity index (χ4n) is 3.44. The summed E-state index contributed by atoms with van der Waals surface area (Å²) in [5.74, 6) is 0.405. The number of nitrogens with zero attached hydrogens (tertiary/aromatic N) is 4. The molecule has 2 aromatic heterocycles. The lowest BCUT2D eigenvalue weighted by Crippen LogP contribution is -2.43. The Kier molecular flexibility index (Phi) is 4.07. The van der Waals surface area contributed by atoms with Gasteiger partial charge in [-0.25, -0.2) is 4.68 Å². The zero-order valence-corrected chi connectivity index (χ0v) is 15.8. The average molecular weight is 371 g/mol. The monoisotopic (exact) mass is 371 g/mol. The summed E-state index contributed by atoms with van der Waals surface area (Å²) in [6.07, 6.45) is 3.28. The number of nitrogens with one attached hydrogen (secondary N) is 1. The molecule has 3 heterocycles. The van der Waals surface area contributed by atoms with E-state index in [1.807, 2.05) is 33.2 Å². The Labute approximate surface area is 155 Å². The van der Waals surface area contributed by atoms with Crippen molar-refractivity contribution in [1.82, 2.24) is 19.7 Å². The molecule has 0 spiro atoms. The fourth-order valence-corrected chi connectivity index (χ4v) is 4.33. The van der Waals surface area contributed by atoms with Crippen molar-refractivity contribution >= 4 is 32.7 Å². The highest BCUT2D eigenvalue weighted by Crippen LogP contribution is 2.31. The third kappa shape index (κ3) is 3.01. The molecular formula is C18H21N5O2S. The predicted octanol–water partition coefficient (Wildman–Crippen LogP) is 2.84. The highest BCUT2D eigenvalue weighted by Gasteiger charge is 2.24. The average Bonchev–Trinajstić information content (AvgIpc) is 3.08.